The predicted octanol–water partition coefficient (Wildman–Crippen LogP) is 1.82. The Morgan fingerprint density at radius 2 is 1.77 bits per heavy atom. The molecule has 0 atom stereocenters. The SMILES string of the molecule is NCc1ccc(COC2CC2)cc1. The third kappa shape index (κ3) is 2.54. The van der Waals surface area contributed by atoms with Crippen LogP contribution in [0.5, 0.6) is 0 Å². The van der Waals surface area contributed by atoms with Crippen LogP contribution < -0.4 is 5.73 Å². The van der Waals surface area contributed by atoms with Gasteiger partial charge in [-0.05, 0) is 24.0 Å². The average Bonchev–Trinajstić information content (AvgIpc) is 2.99. The van der Waals surface area contributed by atoms with Crippen molar-refractivity contribution in [1.82, 2.24) is 0 Å². The molecule has 1 fully saturated rings. The molecule has 0 radical (unpaired) electrons. The Hall–Kier alpha value is -0.860. The van der Waals surface area contributed by atoms with E-state index in [2.05, 4.69) is 24.3 Å². The van der Waals surface area contributed by atoms with Gasteiger partial charge in [0.25, 0.3) is 0 Å². The Morgan fingerprint density at radius 3 is 2.31 bits per heavy atom. The first-order valence-corrected chi connectivity index (χ1v) is 4.78. The van der Waals surface area contributed by atoms with Gasteiger partial charge in [-0.3, -0.25) is 0 Å². The topological polar surface area (TPSA) is 35.2 Å². The molecule has 70 valence electrons. The fourth-order valence-electron chi connectivity index (χ4n) is 1.22. The molecule has 1 saturated carbocycles. The van der Waals surface area contributed by atoms with Crippen molar-refractivity contribution in [2.24, 2.45) is 5.73 Å². The summed E-state index contributed by atoms with van der Waals surface area (Å²) < 4.78 is 5.58. The quantitative estimate of drug-likeness (QED) is 0.761. The zero-order valence-electron chi connectivity index (χ0n) is 7.70. The summed E-state index contributed by atoms with van der Waals surface area (Å²) in [5.74, 6) is 0. The molecule has 1 aromatic carbocycles. The van der Waals surface area contributed by atoms with Crippen molar-refractivity contribution in [2.75, 3.05) is 0 Å². The van der Waals surface area contributed by atoms with Gasteiger partial charge in [-0.2, -0.15) is 0 Å². The largest absolute Gasteiger partial charge is 0.374 e. The maximum Gasteiger partial charge on any atom is 0.0720 e. The van der Waals surface area contributed by atoms with E-state index in [1.165, 1.54) is 24.0 Å². The standard InChI is InChI=1S/C11H15NO/c12-7-9-1-3-10(4-2-9)8-13-11-5-6-11/h1-4,11H,5-8,12H2. The molecule has 1 aliphatic rings. The van der Waals surface area contributed by atoms with E-state index in [9.17, 15) is 0 Å². The van der Waals surface area contributed by atoms with Crippen molar-refractivity contribution in [3.63, 3.8) is 0 Å². The van der Waals surface area contributed by atoms with Crippen LogP contribution in [0.4, 0.5) is 0 Å². The number of benzene rings is 1. The Bertz CT molecular complexity index is 264. The maximum absolute atomic E-state index is 5.58. The molecule has 0 spiro atoms. The molecule has 2 rings (SSSR count). The highest BCUT2D eigenvalue weighted by molar-refractivity contribution is 5.21. The summed E-state index contributed by atoms with van der Waals surface area (Å²) in [5, 5.41) is 0. The lowest BCUT2D eigenvalue weighted by Gasteiger charge is -2.03. The summed E-state index contributed by atoms with van der Waals surface area (Å²) in [6, 6.07) is 8.30. The number of hydrogen-bond donors (Lipinski definition) is 1. The summed E-state index contributed by atoms with van der Waals surface area (Å²) >= 11 is 0. The lowest BCUT2D eigenvalue weighted by molar-refractivity contribution is 0.106. The third-order valence-electron chi connectivity index (χ3n) is 2.27. The van der Waals surface area contributed by atoms with Gasteiger partial charge >= 0.3 is 0 Å². The summed E-state index contributed by atoms with van der Waals surface area (Å²) in [5.41, 5.74) is 7.92. The normalized spacial score (nSPS) is 16.1. The van der Waals surface area contributed by atoms with E-state index in [-0.39, 0.29) is 0 Å². The molecule has 2 heteroatoms. The molecule has 1 aliphatic carbocycles. The van der Waals surface area contributed by atoms with Gasteiger partial charge in [0.1, 0.15) is 0 Å². The van der Waals surface area contributed by atoms with Crippen molar-refractivity contribution < 1.29 is 4.74 Å². The fraction of sp³-hybridized carbons (Fsp3) is 0.455. The van der Waals surface area contributed by atoms with E-state index >= 15 is 0 Å². The van der Waals surface area contributed by atoms with Crippen molar-refractivity contribution in [2.45, 2.75) is 32.1 Å². The second-order valence-corrected chi connectivity index (χ2v) is 3.53. The van der Waals surface area contributed by atoms with E-state index in [0.717, 1.165) is 6.61 Å². The fourth-order valence-corrected chi connectivity index (χ4v) is 1.22. The lowest BCUT2D eigenvalue weighted by Crippen LogP contribution is -1.97. The van der Waals surface area contributed by atoms with Crippen LogP contribution in [0.2, 0.25) is 0 Å². The molecule has 0 unspecified atom stereocenters. The molecule has 2 N–H and O–H groups in total. The zero-order valence-corrected chi connectivity index (χ0v) is 7.70. The Kier molecular flexibility index (Phi) is 2.62. The maximum atomic E-state index is 5.58. The molecule has 2 nitrogen and oxygen atoms in total. The predicted molar refractivity (Wildman–Crippen MR) is 52.1 cm³/mol. The van der Waals surface area contributed by atoms with Gasteiger partial charge in [-0.1, -0.05) is 24.3 Å². The average molecular weight is 177 g/mol. The van der Waals surface area contributed by atoms with Crippen LogP contribution in [0.1, 0.15) is 24.0 Å². The van der Waals surface area contributed by atoms with Crippen molar-refractivity contribution in [1.29, 1.82) is 0 Å². The number of rotatable bonds is 4. The molecule has 0 amide bonds. The van der Waals surface area contributed by atoms with Gasteiger partial charge < -0.3 is 10.5 Å². The van der Waals surface area contributed by atoms with Crippen LogP contribution in [-0.4, -0.2) is 6.10 Å². The third-order valence-corrected chi connectivity index (χ3v) is 2.27. The van der Waals surface area contributed by atoms with Gasteiger partial charge in [0.05, 0.1) is 12.7 Å². The minimum Gasteiger partial charge on any atom is -0.374 e. The van der Waals surface area contributed by atoms with Gasteiger partial charge in [0.2, 0.25) is 0 Å². The molecular weight excluding hydrogens is 162 g/mol. The number of ether oxygens (including phenoxy) is 1. The van der Waals surface area contributed by atoms with Crippen molar-refractivity contribution in [3.8, 4) is 0 Å². The van der Waals surface area contributed by atoms with Crippen molar-refractivity contribution in [3.05, 3.63) is 35.4 Å². The highest BCUT2D eigenvalue weighted by atomic mass is 16.5. The van der Waals surface area contributed by atoms with Gasteiger partial charge in [0.15, 0.2) is 0 Å². The first-order valence-electron chi connectivity index (χ1n) is 4.78. The molecule has 0 saturated heterocycles. The molecule has 0 heterocycles. The number of nitrogens with two attached hydrogens (primary N) is 1. The molecule has 0 aliphatic heterocycles. The molecule has 0 bridgehead atoms. The summed E-state index contributed by atoms with van der Waals surface area (Å²) in [6.07, 6.45) is 3.01. The lowest BCUT2D eigenvalue weighted by atomic mass is 10.1. The smallest absolute Gasteiger partial charge is 0.0720 e. The van der Waals surface area contributed by atoms with E-state index in [4.69, 9.17) is 10.5 Å². The first kappa shape index (κ1) is 8.73. The summed E-state index contributed by atoms with van der Waals surface area (Å²) in [6.45, 7) is 1.36. The van der Waals surface area contributed by atoms with Crippen LogP contribution in [0.25, 0.3) is 0 Å². The highest BCUT2D eigenvalue weighted by Gasteiger charge is 2.21. The van der Waals surface area contributed by atoms with Gasteiger partial charge in [0, 0.05) is 6.54 Å². The first-order chi connectivity index (χ1) is 6.38. The Labute approximate surface area is 78.7 Å². The second-order valence-electron chi connectivity index (χ2n) is 3.53. The van der Waals surface area contributed by atoms with Crippen LogP contribution >= 0.6 is 0 Å². The number of hydrogen-bond acceptors (Lipinski definition) is 2. The van der Waals surface area contributed by atoms with Crippen LogP contribution in [0, 0.1) is 0 Å². The minimum atomic E-state index is 0.536. The summed E-state index contributed by atoms with van der Waals surface area (Å²) in [7, 11) is 0. The molecular formula is C11H15NO. The minimum absolute atomic E-state index is 0.536. The Balaban J connectivity index is 1.88. The van der Waals surface area contributed by atoms with Crippen LogP contribution in [-0.2, 0) is 17.9 Å². The highest BCUT2D eigenvalue weighted by Crippen LogP contribution is 2.24. The van der Waals surface area contributed by atoms with Gasteiger partial charge in [-0.15, -0.1) is 0 Å². The second kappa shape index (κ2) is 3.90. The van der Waals surface area contributed by atoms with Gasteiger partial charge in [-0.25, -0.2) is 0 Å². The molecule has 13 heavy (non-hydrogen) atoms. The van der Waals surface area contributed by atoms with Crippen molar-refractivity contribution >= 4 is 0 Å². The molecule has 1 aromatic rings. The van der Waals surface area contributed by atoms with E-state index in [1.54, 1.807) is 0 Å². The summed E-state index contributed by atoms with van der Waals surface area (Å²) in [4.78, 5) is 0. The molecule has 0 aromatic heterocycles. The Morgan fingerprint density at radius 1 is 1.15 bits per heavy atom. The van der Waals surface area contributed by atoms with E-state index < -0.39 is 0 Å². The van der Waals surface area contributed by atoms with Crippen LogP contribution in [0.3, 0.4) is 0 Å². The zero-order chi connectivity index (χ0) is 9.10. The van der Waals surface area contributed by atoms with E-state index in [0.29, 0.717) is 12.6 Å². The monoisotopic (exact) mass is 177 g/mol. The van der Waals surface area contributed by atoms with Crippen LogP contribution in [0.15, 0.2) is 24.3 Å². The van der Waals surface area contributed by atoms with E-state index in [1.807, 2.05) is 0 Å².